The molecule has 1 aliphatic carbocycles. The van der Waals surface area contributed by atoms with Gasteiger partial charge in [-0.25, -0.2) is 0 Å². The summed E-state index contributed by atoms with van der Waals surface area (Å²) >= 11 is 0. The molecule has 2 saturated heterocycles. The van der Waals surface area contributed by atoms with Gasteiger partial charge in [-0.1, -0.05) is 0 Å². The molecule has 0 amide bonds. The minimum atomic E-state index is 0.0827. The Morgan fingerprint density at radius 2 is 2.00 bits per heavy atom. The van der Waals surface area contributed by atoms with Crippen molar-refractivity contribution in [2.75, 3.05) is 13.2 Å². The van der Waals surface area contributed by atoms with Crippen LogP contribution >= 0.6 is 0 Å². The molecule has 0 radical (unpaired) electrons. The van der Waals surface area contributed by atoms with Gasteiger partial charge < -0.3 is 10.8 Å². The fraction of sp³-hybridized carbons (Fsp3) is 1.00. The number of nitrogens with zero attached hydrogens (tertiary/aromatic N) is 1. The van der Waals surface area contributed by atoms with Crippen LogP contribution < -0.4 is 5.73 Å². The van der Waals surface area contributed by atoms with E-state index in [-0.39, 0.29) is 18.7 Å². The van der Waals surface area contributed by atoms with Crippen LogP contribution in [0.3, 0.4) is 0 Å². The molecule has 3 heteroatoms. The van der Waals surface area contributed by atoms with E-state index in [0.717, 1.165) is 12.5 Å². The van der Waals surface area contributed by atoms with E-state index >= 15 is 0 Å². The third-order valence-corrected chi connectivity index (χ3v) is 3.97. The van der Waals surface area contributed by atoms with Crippen molar-refractivity contribution in [3.63, 3.8) is 0 Å². The summed E-state index contributed by atoms with van der Waals surface area (Å²) in [6.07, 6.45) is 5.40. The van der Waals surface area contributed by atoms with Crippen molar-refractivity contribution in [3.05, 3.63) is 0 Å². The molecule has 2 aliphatic heterocycles. The number of rotatable bonds is 3. The van der Waals surface area contributed by atoms with Gasteiger partial charge in [-0.3, -0.25) is 4.90 Å². The lowest BCUT2D eigenvalue weighted by molar-refractivity contribution is -0.0124. The maximum absolute atomic E-state index is 9.36. The third-order valence-electron chi connectivity index (χ3n) is 3.97. The third kappa shape index (κ3) is 1.81. The van der Waals surface area contributed by atoms with Crippen LogP contribution in [0.4, 0.5) is 0 Å². The van der Waals surface area contributed by atoms with Crippen LogP contribution in [0.5, 0.6) is 0 Å². The normalized spacial score (nSPS) is 37.1. The molecular formula is C11H22N2O. The second-order valence-corrected chi connectivity index (χ2v) is 4.98. The fourth-order valence-electron chi connectivity index (χ4n) is 3.09. The highest BCUT2D eigenvalue weighted by Crippen LogP contribution is 2.36. The maximum atomic E-state index is 9.36. The van der Waals surface area contributed by atoms with Crippen LogP contribution in [-0.4, -0.2) is 41.3 Å². The average molecular weight is 198 g/mol. The number of nitrogens with two attached hydrogens (primary N) is 1. The topological polar surface area (TPSA) is 49.5 Å². The van der Waals surface area contributed by atoms with E-state index < -0.39 is 0 Å². The predicted octanol–water partition coefficient (Wildman–Crippen LogP) is 0.569. The van der Waals surface area contributed by atoms with Gasteiger partial charge in [0.2, 0.25) is 0 Å². The lowest BCUT2D eigenvalue weighted by Gasteiger charge is -2.49. The molecule has 3 rings (SSSR count). The molecule has 3 N–H and O–H groups in total. The lowest BCUT2D eigenvalue weighted by Crippen LogP contribution is -2.58. The molecule has 1 saturated carbocycles. The summed E-state index contributed by atoms with van der Waals surface area (Å²) in [5.41, 5.74) is 5.91. The first kappa shape index (κ1) is 10.4. The highest BCUT2D eigenvalue weighted by atomic mass is 16.3. The Kier molecular flexibility index (Phi) is 3.10. The Morgan fingerprint density at radius 3 is 2.36 bits per heavy atom. The number of aliphatic hydroxyl groups is 1. The molecule has 82 valence electrons. The molecule has 0 aromatic rings. The van der Waals surface area contributed by atoms with Crippen LogP contribution in [-0.2, 0) is 0 Å². The zero-order chi connectivity index (χ0) is 10.1. The quantitative estimate of drug-likeness (QED) is 0.697. The van der Waals surface area contributed by atoms with E-state index in [1.807, 2.05) is 6.92 Å². The van der Waals surface area contributed by atoms with Gasteiger partial charge >= 0.3 is 0 Å². The highest BCUT2D eigenvalue weighted by molar-refractivity contribution is 4.93. The monoisotopic (exact) mass is 198 g/mol. The van der Waals surface area contributed by atoms with Crippen LogP contribution in [0.1, 0.15) is 32.6 Å². The zero-order valence-electron chi connectivity index (χ0n) is 9.02. The Morgan fingerprint density at radius 1 is 1.36 bits per heavy atom. The molecule has 2 unspecified atom stereocenters. The van der Waals surface area contributed by atoms with Gasteiger partial charge in [0.15, 0.2) is 0 Å². The maximum Gasteiger partial charge on any atom is 0.0601 e. The Bertz CT molecular complexity index is 188. The number of hydrogen-bond donors (Lipinski definition) is 2. The molecule has 3 fully saturated rings. The first-order valence-electron chi connectivity index (χ1n) is 5.84. The molecule has 2 atom stereocenters. The predicted molar refractivity (Wildman–Crippen MR) is 57.0 cm³/mol. The van der Waals surface area contributed by atoms with Crippen molar-refractivity contribution >= 4 is 0 Å². The van der Waals surface area contributed by atoms with E-state index in [0.29, 0.717) is 6.04 Å². The average Bonchev–Trinajstić information content (AvgIpc) is 2.20. The van der Waals surface area contributed by atoms with Crippen molar-refractivity contribution in [1.82, 2.24) is 4.90 Å². The van der Waals surface area contributed by atoms with Crippen molar-refractivity contribution in [2.45, 2.75) is 50.7 Å². The number of hydrogen-bond acceptors (Lipinski definition) is 3. The summed E-state index contributed by atoms with van der Waals surface area (Å²) < 4.78 is 0. The minimum absolute atomic E-state index is 0.0827. The lowest BCUT2D eigenvalue weighted by atomic mass is 9.79. The summed E-state index contributed by atoms with van der Waals surface area (Å²) in [6, 6.07) is 0.964. The van der Waals surface area contributed by atoms with E-state index in [1.54, 1.807) is 0 Å². The summed E-state index contributed by atoms with van der Waals surface area (Å²) in [7, 11) is 0. The summed E-state index contributed by atoms with van der Waals surface area (Å²) in [4.78, 5) is 2.46. The number of piperidine rings is 2. The highest BCUT2D eigenvalue weighted by Gasteiger charge is 2.37. The Labute approximate surface area is 86.3 Å². The van der Waals surface area contributed by atoms with Crippen molar-refractivity contribution in [3.8, 4) is 0 Å². The van der Waals surface area contributed by atoms with Crippen LogP contribution in [0.15, 0.2) is 0 Å². The molecule has 2 heterocycles. The van der Waals surface area contributed by atoms with Gasteiger partial charge in [0.05, 0.1) is 6.61 Å². The minimum Gasteiger partial charge on any atom is -0.395 e. The smallest absolute Gasteiger partial charge is 0.0601 e. The molecule has 0 spiro atoms. The summed E-state index contributed by atoms with van der Waals surface area (Å²) in [6.45, 7) is 3.38. The molecule has 3 nitrogen and oxygen atoms in total. The van der Waals surface area contributed by atoms with Crippen LogP contribution in [0, 0.1) is 5.92 Å². The van der Waals surface area contributed by atoms with Gasteiger partial charge in [-0.05, 0) is 38.5 Å². The van der Waals surface area contributed by atoms with Crippen molar-refractivity contribution in [1.29, 1.82) is 0 Å². The molecule has 0 aromatic heterocycles. The largest absolute Gasteiger partial charge is 0.395 e. The van der Waals surface area contributed by atoms with Gasteiger partial charge in [-0.2, -0.15) is 0 Å². The van der Waals surface area contributed by atoms with E-state index in [9.17, 15) is 5.11 Å². The van der Waals surface area contributed by atoms with Gasteiger partial charge in [0, 0.05) is 24.7 Å². The van der Waals surface area contributed by atoms with Crippen LogP contribution in [0.2, 0.25) is 0 Å². The standard InChI is InChI=1S/C11H22N2O/c1-8(12)11(7-14)13-6-9-2-4-10(13)5-3-9/h8-11,14H,2-7,12H2,1H3. The SMILES string of the molecule is CC(N)C(CO)N1CC2CCC1CC2. The molecule has 14 heavy (non-hydrogen) atoms. The molecule has 2 bridgehead atoms. The number of fused-ring (bicyclic) bond motifs is 3. The second-order valence-electron chi connectivity index (χ2n) is 4.98. The molecule has 3 aliphatic rings. The molecule has 0 aromatic carbocycles. The first-order chi connectivity index (χ1) is 6.72. The van der Waals surface area contributed by atoms with E-state index in [2.05, 4.69) is 4.90 Å². The van der Waals surface area contributed by atoms with Crippen molar-refractivity contribution < 1.29 is 5.11 Å². The Balaban J connectivity index is 2.02. The second kappa shape index (κ2) is 4.17. The van der Waals surface area contributed by atoms with Gasteiger partial charge in [-0.15, -0.1) is 0 Å². The van der Waals surface area contributed by atoms with E-state index in [1.165, 1.54) is 25.7 Å². The zero-order valence-corrected chi connectivity index (χ0v) is 9.02. The number of aliphatic hydroxyl groups excluding tert-OH is 1. The van der Waals surface area contributed by atoms with Crippen molar-refractivity contribution in [2.24, 2.45) is 11.7 Å². The fourth-order valence-corrected chi connectivity index (χ4v) is 3.09. The summed E-state index contributed by atoms with van der Waals surface area (Å²) in [5.74, 6) is 0.868. The van der Waals surface area contributed by atoms with E-state index in [4.69, 9.17) is 5.73 Å². The molecular weight excluding hydrogens is 176 g/mol. The van der Waals surface area contributed by atoms with Gasteiger partial charge in [0.1, 0.15) is 0 Å². The first-order valence-corrected chi connectivity index (χ1v) is 5.84. The van der Waals surface area contributed by atoms with Gasteiger partial charge in [0.25, 0.3) is 0 Å². The summed E-state index contributed by atoms with van der Waals surface area (Å²) in [5, 5.41) is 9.36. The Hall–Kier alpha value is -0.120. The van der Waals surface area contributed by atoms with Crippen LogP contribution in [0.25, 0.3) is 0 Å².